The fourth-order valence-corrected chi connectivity index (χ4v) is 5.54. The van der Waals surface area contributed by atoms with Crippen molar-refractivity contribution in [3.8, 4) is 5.75 Å². The molecule has 2 aromatic carbocycles. The highest BCUT2D eigenvalue weighted by Crippen LogP contribution is 2.39. The van der Waals surface area contributed by atoms with Crippen molar-refractivity contribution in [1.29, 1.82) is 0 Å². The van der Waals surface area contributed by atoms with Gasteiger partial charge in [-0.2, -0.15) is 0 Å². The van der Waals surface area contributed by atoms with Crippen molar-refractivity contribution in [2.45, 2.75) is 68.2 Å². The van der Waals surface area contributed by atoms with Gasteiger partial charge in [-0.3, -0.25) is 4.79 Å². The first-order chi connectivity index (χ1) is 15.0. The lowest BCUT2D eigenvalue weighted by atomic mass is 9.95. The summed E-state index contributed by atoms with van der Waals surface area (Å²) in [5.74, 6) is 0.463. The summed E-state index contributed by atoms with van der Waals surface area (Å²) < 4.78 is 29.4. The van der Waals surface area contributed by atoms with Crippen molar-refractivity contribution in [2.75, 3.05) is 11.2 Å². The number of sulfone groups is 1. The van der Waals surface area contributed by atoms with Crippen LogP contribution in [0.1, 0.15) is 39.5 Å². The van der Waals surface area contributed by atoms with Crippen LogP contribution in [0.4, 0.5) is 5.69 Å². The second kappa shape index (κ2) is 8.60. The average molecular weight is 477 g/mol. The number of rotatable bonds is 6. The molecule has 0 aromatic heterocycles. The van der Waals surface area contributed by atoms with E-state index in [9.17, 15) is 13.2 Å². The first-order valence-corrected chi connectivity index (χ1v) is 13.1. The van der Waals surface area contributed by atoms with Gasteiger partial charge >= 0.3 is 0 Å². The van der Waals surface area contributed by atoms with Crippen LogP contribution < -0.4 is 15.0 Å². The van der Waals surface area contributed by atoms with Gasteiger partial charge in [0.25, 0.3) is 5.91 Å². The number of carbonyl (C=O) groups is 1. The Labute approximate surface area is 194 Å². The number of anilines is 1. The van der Waals surface area contributed by atoms with E-state index < -0.39 is 15.4 Å². The summed E-state index contributed by atoms with van der Waals surface area (Å²) in [4.78, 5) is 15.7. The van der Waals surface area contributed by atoms with Crippen LogP contribution in [0.25, 0.3) is 0 Å². The number of nitrogens with one attached hydrogen (secondary N) is 1. The largest absolute Gasteiger partial charge is 0.478 e. The number of amides is 1. The Bertz CT molecular complexity index is 1070. The Hall–Kier alpha value is -2.25. The molecule has 2 aromatic rings. The molecule has 0 aliphatic carbocycles. The van der Waals surface area contributed by atoms with Crippen molar-refractivity contribution < 1.29 is 17.9 Å². The number of nitrogens with zero attached hydrogens (tertiary/aromatic N) is 1. The molecule has 4 rings (SSSR count). The first-order valence-electron chi connectivity index (χ1n) is 10.9. The van der Waals surface area contributed by atoms with Crippen molar-refractivity contribution in [3.63, 3.8) is 0 Å². The Balaban J connectivity index is 1.40. The van der Waals surface area contributed by atoms with Gasteiger partial charge in [0.05, 0.1) is 4.90 Å². The molecule has 2 aliphatic rings. The normalized spacial score (nSPS) is 23.1. The third-order valence-corrected chi connectivity index (χ3v) is 7.75. The predicted molar refractivity (Wildman–Crippen MR) is 126 cm³/mol. The number of ether oxygens (including phenoxy) is 1. The van der Waals surface area contributed by atoms with Gasteiger partial charge in [-0.25, -0.2) is 8.42 Å². The molecular formula is C24H29ClN2O4S. The summed E-state index contributed by atoms with van der Waals surface area (Å²) >= 11 is 5.93. The van der Waals surface area contributed by atoms with Crippen LogP contribution in [-0.4, -0.2) is 44.3 Å². The van der Waals surface area contributed by atoms with E-state index in [1.54, 1.807) is 50.2 Å². The van der Waals surface area contributed by atoms with Gasteiger partial charge in [0.15, 0.2) is 15.4 Å². The molecule has 2 heterocycles. The number of hydrogen-bond donors (Lipinski definition) is 1. The molecule has 2 saturated heterocycles. The van der Waals surface area contributed by atoms with E-state index in [-0.39, 0.29) is 11.9 Å². The Morgan fingerprint density at radius 3 is 2.12 bits per heavy atom. The van der Waals surface area contributed by atoms with Gasteiger partial charge in [-0.05, 0) is 88.1 Å². The van der Waals surface area contributed by atoms with Gasteiger partial charge in [-0.15, -0.1) is 0 Å². The van der Waals surface area contributed by atoms with Crippen molar-refractivity contribution in [2.24, 2.45) is 0 Å². The molecule has 0 spiro atoms. The molecule has 0 unspecified atom stereocenters. The standard InChI is InChI=1S/C24H29ClN2O4S/c1-24(2,31-21-10-4-16(25)5-11-21)23(28)26-17-14-19-6-7-20(15-17)27(19)18-8-12-22(13-9-18)32(3,29)30/h4-5,8-13,17,19-20H,6-7,14-15H2,1-3H3,(H,26,28)/t17-,19+,20-. The molecule has 2 fully saturated rings. The van der Waals surface area contributed by atoms with E-state index in [0.29, 0.717) is 27.8 Å². The monoisotopic (exact) mass is 476 g/mol. The molecule has 8 heteroatoms. The summed E-state index contributed by atoms with van der Waals surface area (Å²) in [6, 6.07) is 14.8. The van der Waals surface area contributed by atoms with E-state index in [0.717, 1.165) is 31.4 Å². The average Bonchev–Trinajstić information content (AvgIpc) is 2.99. The minimum atomic E-state index is -3.21. The van der Waals surface area contributed by atoms with Crippen LogP contribution in [0.2, 0.25) is 5.02 Å². The summed E-state index contributed by atoms with van der Waals surface area (Å²) in [7, 11) is -3.21. The quantitative estimate of drug-likeness (QED) is 0.675. The van der Waals surface area contributed by atoms with Crippen LogP contribution in [0, 0.1) is 0 Å². The lowest BCUT2D eigenvalue weighted by molar-refractivity contribution is -0.135. The van der Waals surface area contributed by atoms with E-state index in [4.69, 9.17) is 16.3 Å². The van der Waals surface area contributed by atoms with Crippen LogP contribution >= 0.6 is 11.6 Å². The zero-order valence-electron chi connectivity index (χ0n) is 18.5. The Morgan fingerprint density at radius 1 is 1.03 bits per heavy atom. The smallest absolute Gasteiger partial charge is 0.263 e. The number of fused-ring (bicyclic) bond motifs is 2. The number of piperidine rings is 1. The maximum atomic E-state index is 13.0. The third-order valence-electron chi connectivity index (χ3n) is 6.36. The maximum absolute atomic E-state index is 13.0. The fourth-order valence-electron chi connectivity index (χ4n) is 4.78. The van der Waals surface area contributed by atoms with Gasteiger partial charge in [0.2, 0.25) is 0 Å². The minimum Gasteiger partial charge on any atom is -0.478 e. The van der Waals surface area contributed by atoms with Crippen LogP contribution in [-0.2, 0) is 14.6 Å². The van der Waals surface area contributed by atoms with Gasteiger partial charge in [0, 0.05) is 35.1 Å². The topological polar surface area (TPSA) is 75.7 Å². The molecule has 0 radical (unpaired) electrons. The van der Waals surface area contributed by atoms with Gasteiger partial charge in [-0.1, -0.05) is 11.6 Å². The maximum Gasteiger partial charge on any atom is 0.263 e. The van der Waals surface area contributed by atoms with Gasteiger partial charge in [0.1, 0.15) is 5.75 Å². The molecule has 1 N–H and O–H groups in total. The lowest BCUT2D eigenvalue weighted by Gasteiger charge is -2.41. The SMILES string of the molecule is CC(C)(Oc1ccc(Cl)cc1)C(=O)N[C@H]1C[C@H]2CC[C@@H](C1)N2c1ccc(S(C)(=O)=O)cc1. The molecule has 0 saturated carbocycles. The summed E-state index contributed by atoms with van der Waals surface area (Å²) in [5.41, 5.74) is 0.0342. The molecular weight excluding hydrogens is 448 g/mol. The molecule has 3 atom stereocenters. The fraction of sp³-hybridized carbons (Fsp3) is 0.458. The second-order valence-corrected chi connectivity index (χ2v) is 11.7. The number of benzene rings is 2. The second-order valence-electron chi connectivity index (χ2n) is 9.27. The molecule has 2 bridgehead atoms. The molecule has 32 heavy (non-hydrogen) atoms. The van der Waals surface area contributed by atoms with E-state index >= 15 is 0 Å². The van der Waals surface area contributed by atoms with Crippen LogP contribution in [0.15, 0.2) is 53.4 Å². The Kier molecular flexibility index (Phi) is 6.16. The third kappa shape index (κ3) is 4.89. The van der Waals surface area contributed by atoms with Crippen LogP contribution in [0.3, 0.4) is 0 Å². The summed E-state index contributed by atoms with van der Waals surface area (Å²) in [6.07, 6.45) is 5.06. The highest BCUT2D eigenvalue weighted by Gasteiger charge is 2.42. The zero-order chi connectivity index (χ0) is 23.1. The Morgan fingerprint density at radius 2 is 1.59 bits per heavy atom. The van der Waals surface area contributed by atoms with E-state index in [2.05, 4.69) is 10.2 Å². The highest BCUT2D eigenvalue weighted by atomic mass is 35.5. The summed E-state index contributed by atoms with van der Waals surface area (Å²) in [5, 5.41) is 3.81. The number of halogens is 1. The van der Waals surface area contributed by atoms with Crippen molar-refractivity contribution >= 4 is 33.0 Å². The van der Waals surface area contributed by atoms with E-state index in [1.165, 1.54) is 6.26 Å². The van der Waals surface area contributed by atoms with E-state index in [1.807, 2.05) is 12.1 Å². The van der Waals surface area contributed by atoms with Crippen molar-refractivity contribution in [3.05, 3.63) is 53.6 Å². The number of hydrogen-bond acceptors (Lipinski definition) is 5. The molecule has 1 amide bonds. The number of carbonyl (C=O) groups excluding carboxylic acids is 1. The minimum absolute atomic E-state index is 0.0830. The molecule has 172 valence electrons. The molecule has 2 aliphatic heterocycles. The lowest BCUT2D eigenvalue weighted by Crippen LogP contribution is -2.55. The van der Waals surface area contributed by atoms with Crippen LogP contribution in [0.5, 0.6) is 5.75 Å². The zero-order valence-corrected chi connectivity index (χ0v) is 20.1. The van der Waals surface area contributed by atoms with Crippen molar-refractivity contribution in [1.82, 2.24) is 5.32 Å². The highest BCUT2D eigenvalue weighted by molar-refractivity contribution is 7.90. The first kappa shape index (κ1) is 22.9. The predicted octanol–water partition coefficient (Wildman–Crippen LogP) is 4.22. The summed E-state index contributed by atoms with van der Waals surface area (Å²) in [6.45, 7) is 3.54. The van der Waals surface area contributed by atoms with Gasteiger partial charge < -0.3 is 15.0 Å². The molecule has 6 nitrogen and oxygen atoms in total.